The Morgan fingerprint density at radius 3 is 2.71 bits per heavy atom. The number of hydrogen-bond donors (Lipinski definition) is 0. The van der Waals surface area contributed by atoms with Crippen LogP contribution in [-0.4, -0.2) is 11.0 Å². The Labute approximate surface area is 119 Å². The van der Waals surface area contributed by atoms with E-state index in [1.807, 2.05) is 0 Å². The maximum Gasteiger partial charge on any atom is 0.311 e. The smallest absolute Gasteiger partial charge is 0.311 e. The highest BCUT2D eigenvalue weighted by Crippen LogP contribution is 2.27. The van der Waals surface area contributed by atoms with E-state index in [2.05, 4.69) is 4.98 Å². The summed E-state index contributed by atoms with van der Waals surface area (Å²) in [6.45, 7) is 1.21. The first-order chi connectivity index (χ1) is 9.99. The second-order valence-corrected chi connectivity index (χ2v) is 4.44. The molecule has 110 valence electrons. The molecule has 0 aliphatic carbocycles. The number of halogens is 3. The van der Waals surface area contributed by atoms with Crippen molar-refractivity contribution in [2.45, 2.75) is 19.8 Å². The van der Waals surface area contributed by atoms with E-state index in [0.29, 0.717) is 12.5 Å². The van der Waals surface area contributed by atoms with E-state index in [9.17, 15) is 18.0 Å². The summed E-state index contributed by atoms with van der Waals surface area (Å²) in [6, 6.07) is 3.90. The number of hydrogen-bond acceptors (Lipinski definition) is 3. The molecule has 0 spiro atoms. The minimum Gasteiger partial charge on any atom is -0.423 e. The molecule has 0 unspecified atom stereocenters. The van der Waals surface area contributed by atoms with Gasteiger partial charge in [-0.15, -0.1) is 0 Å². The lowest BCUT2D eigenvalue weighted by atomic mass is 10.1. The molecular weight excluding hydrogens is 283 g/mol. The molecule has 0 aliphatic heterocycles. The van der Waals surface area contributed by atoms with Crippen LogP contribution >= 0.6 is 0 Å². The second-order valence-electron chi connectivity index (χ2n) is 4.44. The molecule has 0 aliphatic rings. The number of ether oxygens (including phenoxy) is 1. The van der Waals surface area contributed by atoms with Gasteiger partial charge in [0.05, 0.1) is 6.42 Å². The van der Waals surface area contributed by atoms with Gasteiger partial charge in [-0.1, -0.05) is 6.07 Å². The molecule has 1 aromatic heterocycles. The summed E-state index contributed by atoms with van der Waals surface area (Å²) < 4.78 is 44.7. The molecule has 0 N–H and O–H groups in total. The highest BCUT2D eigenvalue weighted by atomic mass is 19.2. The molecule has 0 fully saturated rings. The van der Waals surface area contributed by atoms with Crippen LogP contribution in [0.1, 0.15) is 17.5 Å². The number of carbonyl (C=O) groups is 1. The van der Waals surface area contributed by atoms with Crippen molar-refractivity contribution in [1.82, 2.24) is 4.98 Å². The molecule has 1 aromatic carbocycles. The third-order valence-electron chi connectivity index (χ3n) is 2.92. The molecule has 0 radical (unpaired) electrons. The Balaban J connectivity index is 2.07. The number of benzene rings is 1. The van der Waals surface area contributed by atoms with Crippen molar-refractivity contribution in [2.24, 2.45) is 0 Å². The fourth-order valence-electron chi connectivity index (χ4n) is 1.74. The summed E-state index contributed by atoms with van der Waals surface area (Å²) in [6.07, 6.45) is 3.46. The fraction of sp³-hybridized carbons (Fsp3) is 0.200. The van der Waals surface area contributed by atoms with Gasteiger partial charge in [0, 0.05) is 24.0 Å². The van der Waals surface area contributed by atoms with Crippen LogP contribution in [0.2, 0.25) is 0 Å². The molecule has 2 aromatic rings. The Bertz CT molecular complexity index is 633. The fourth-order valence-corrected chi connectivity index (χ4v) is 1.74. The summed E-state index contributed by atoms with van der Waals surface area (Å²) in [7, 11) is 0. The van der Waals surface area contributed by atoms with Gasteiger partial charge in [-0.3, -0.25) is 9.78 Å². The second kappa shape index (κ2) is 6.39. The molecule has 0 amide bonds. The average Bonchev–Trinajstić information content (AvgIpc) is 2.48. The summed E-state index contributed by atoms with van der Waals surface area (Å²) >= 11 is 0. The van der Waals surface area contributed by atoms with Gasteiger partial charge in [-0.25, -0.2) is 8.78 Å². The van der Waals surface area contributed by atoms with E-state index in [1.165, 1.54) is 6.92 Å². The summed E-state index contributed by atoms with van der Waals surface area (Å²) in [5.41, 5.74) is 0.556. The Kier molecular flexibility index (Phi) is 4.57. The van der Waals surface area contributed by atoms with E-state index in [4.69, 9.17) is 4.74 Å². The summed E-state index contributed by atoms with van der Waals surface area (Å²) in [5.74, 6) is -5.21. The van der Waals surface area contributed by atoms with Crippen LogP contribution in [0.5, 0.6) is 5.75 Å². The first-order valence-electron chi connectivity index (χ1n) is 6.22. The topological polar surface area (TPSA) is 39.2 Å². The van der Waals surface area contributed by atoms with Crippen molar-refractivity contribution in [3.05, 3.63) is 59.2 Å². The minimum absolute atomic E-state index is 0.0529. The van der Waals surface area contributed by atoms with E-state index in [1.54, 1.807) is 24.5 Å². The van der Waals surface area contributed by atoms with E-state index in [0.717, 1.165) is 5.56 Å². The van der Waals surface area contributed by atoms with Gasteiger partial charge in [0.2, 0.25) is 5.82 Å². The maximum absolute atomic E-state index is 13.5. The Morgan fingerprint density at radius 1 is 1.29 bits per heavy atom. The van der Waals surface area contributed by atoms with Gasteiger partial charge in [0.25, 0.3) is 0 Å². The van der Waals surface area contributed by atoms with Gasteiger partial charge in [-0.2, -0.15) is 4.39 Å². The molecule has 2 rings (SSSR count). The van der Waals surface area contributed by atoms with Gasteiger partial charge in [0.1, 0.15) is 5.82 Å². The number of esters is 1. The molecule has 0 saturated heterocycles. The lowest BCUT2D eigenvalue weighted by Gasteiger charge is -2.09. The zero-order valence-electron chi connectivity index (χ0n) is 11.2. The number of pyridine rings is 1. The van der Waals surface area contributed by atoms with Gasteiger partial charge in [0.15, 0.2) is 11.6 Å². The van der Waals surface area contributed by atoms with E-state index in [-0.39, 0.29) is 12.0 Å². The highest BCUT2D eigenvalue weighted by molar-refractivity contribution is 5.73. The van der Waals surface area contributed by atoms with Crippen LogP contribution in [-0.2, 0) is 11.2 Å². The monoisotopic (exact) mass is 295 g/mol. The van der Waals surface area contributed by atoms with Crippen LogP contribution in [0.3, 0.4) is 0 Å². The van der Waals surface area contributed by atoms with Crippen LogP contribution < -0.4 is 4.74 Å². The summed E-state index contributed by atoms with van der Waals surface area (Å²) in [5, 5.41) is 0. The maximum atomic E-state index is 13.5. The normalized spacial score (nSPS) is 10.5. The van der Waals surface area contributed by atoms with Crippen LogP contribution in [0, 0.1) is 24.4 Å². The number of carbonyl (C=O) groups excluding carboxylic acids is 1. The highest BCUT2D eigenvalue weighted by Gasteiger charge is 2.20. The van der Waals surface area contributed by atoms with Gasteiger partial charge >= 0.3 is 5.97 Å². The standard InChI is InChI=1S/C15H12F3NO2/c1-9-11(16)7-12(17)14(18)15(9)21-13(20)5-4-10-3-2-6-19-8-10/h2-3,6-8H,4-5H2,1H3. The van der Waals surface area contributed by atoms with Crippen LogP contribution in [0.15, 0.2) is 30.6 Å². The molecule has 0 bridgehead atoms. The van der Waals surface area contributed by atoms with Gasteiger partial charge in [-0.05, 0) is 25.0 Å². The van der Waals surface area contributed by atoms with Crippen molar-refractivity contribution < 1.29 is 22.7 Å². The molecule has 3 nitrogen and oxygen atoms in total. The molecule has 0 atom stereocenters. The average molecular weight is 295 g/mol. The molecule has 6 heteroatoms. The first-order valence-corrected chi connectivity index (χ1v) is 6.22. The third kappa shape index (κ3) is 3.59. The van der Waals surface area contributed by atoms with E-state index < -0.39 is 29.2 Å². The molecule has 0 saturated carbocycles. The lowest BCUT2D eigenvalue weighted by Crippen LogP contribution is -2.12. The predicted molar refractivity (Wildman–Crippen MR) is 69.2 cm³/mol. The SMILES string of the molecule is Cc1c(F)cc(F)c(F)c1OC(=O)CCc1cccnc1. The van der Waals surface area contributed by atoms with Crippen molar-refractivity contribution in [3.63, 3.8) is 0 Å². The predicted octanol–water partition coefficient (Wildman–Crippen LogP) is 3.35. The Hall–Kier alpha value is -2.37. The number of rotatable bonds is 4. The van der Waals surface area contributed by atoms with Crippen LogP contribution in [0.4, 0.5) is 13.2 Å². The first kappa shape index (κ1) is 15.0. The van der Waals surface area contributed by atoms with Crippen molar-refractivity contribution >= 4 is 5.97 Å². The Morgan fingerprint density at radius 2 is 2.05 bits per heavy atom. The number of nitrogens with zero attached hydrogens (tertiary/aromatic N) is 1. The zero-order valence-corrected chi connectivity index (χ0v) is 11.2. The van der Waals surface area contributed by atoms with Gasteiger partial charge < -0.3 is 4.74 Å². The third-order valence-corrected chi connectivity index (χ3v) is 2.92. The lowest BCUT2D eigenvalue weighted by molar-refractivity contribution is -0.134. The van der Waals surface area contributed by atoms with Crippen molar-refractivity contribution in [3.8, 4) is 5.75 Å². The largest absolute Gasteiger partial charge is 0.423 e. The number of aromatic nitrogens is 1. The van der Waals surface area contributed by atoms with Crippen molar-refractivity contribution in [1.29, 1.82) is 0 Å². The summed E-state index contributed by atoms with van der Waals surface area (Å²) in [4.78, 5) is 15.5. The van der Waals surface area contributed by atoms with Crippen LogP contribution in [0.25, 0.3) is 0 Å². The quantitative estimate of drug-likeness (QED) is 0.493. The van der Waals surface area contributed by atoms with Crippen molar-refractivity contribution in [2.75, 3.05) is 0 Å². The van der Waals surface area contributed by atoms with E-state index >= 15 is 0 Å². The molecular formula is C15H12F3NO2. The zero-order chi connectivity index (χ0) is 15.4. The molecule has 21 heavy (non-hydrogen) atoms. The number of aryl methyl sites for hydroxylation is 1. The minimum atomic E-state index is -1.40. The molecule has 1 heterocycles.